The molecule has 1 aromatic carbocycles. The van der Waals surface area contributed by atoms with Crippen LogP contribution in [0, 0.1) is 12.7 Å². The summed E-state index contributed by atoms with van der Waals surface area (Å²) in [5, 5.41) is 0.0527. The molecule has 1 saturated heterocycles. The fourth-order valence-electron chi connectivity index (χ4n) is 3.96. The maximum Gasteiger partial charge on any atom is 0.431 e. The lowest BCUT2D eigenvalue weighted by Gasteiger charge is -2.39. The van der Waals surface area contributed by atoms with Crippen LogP contribution in [0.2, 0.25) is 0 Å². The first-order valence-corrected chi connectivity index (χ1v) is 9.47. The third-order valence-electron chi connectivity index (χ3n) is 5.57. The molecule has 158 valence electrons. The molecule has 2 heterocycles. The van der Waals surface area contributed by atoms with Gasteiger partial charge in [0.05, 0.1) is 11.1 Å². The van der Waals surface area contributed by atoms with Gasteiger partial charge in [-0.1, -0.05) is 11.6 Å². The summed E-state index contributed by atoms with van der Waals surface area (Å²) in [7, 11) is 0. The number of H-pyrrole nitrogens is 1. The summed E-state index contributed by atoms with van der Waals surface area (Å²) in [6.45, 7) is 9.22. The normalized spacial score (nSPS) is 16.5. The van der Waals surface area contributed by atoms with E-state index in [-0.39, 0.29) is 33.1 Å². The number of rotatable bonds is 2. The van der Waals surface area contributed by atoms with Gasteiger partial charge in [-0.2, -0.15) is 13.2 Å². The minimum atomic E-state index is -4.66. The Bertz CT molecular complexity index is 986. The van der Waals surface area contributed by atoms with Crippen molar-refractivity contribution in [3.63, 3.8) is 0 Å². The number of primary amides is 1. The molecule has 0 aliphatic carbocycles. The first kappa shape index (κ1) is 21.4. The summed E-state index contributed by atoms with van der Waals surface area (Å²) in [6, 6.07) is 0.914. The molecular formula is C21H25F4N3O. The van der Waals surface area contributed by atoms with Crippen LogP contribution in [-0.2, 0) is 6.18 Å². The number of aromatic amines is 1. The number of aromatic nitrogens is 1. The average molecular weight is 411 g/mol. The van der Waals surface area contributed by atoms with Gasteiger partial charge >= 0.3 is 6.18 Å². The van der Waals surface area contributed by atoms with Crippen LogP contribution in [0.1, 0.15) is 60.8 Å². The largest absolute Gasteiger partial charge is 0.431 e. The first-order chi connectivity index (χ1) is 13.3. The zero-order valence-corrected chi connectivity index (χ0v) is 16.9. The van der Waals surface area contributed by atoms with Crippen molar-refractivity contribution in [2.24, 2.45) is 5.73 Å². The fourth-order valence-corrected chi connectivity index (χ4v) is 3.96. The van der Waals surface area contributed by atoms with Crippen LogP contribution in [0.4, 0.5) is 17.6 Å². The van der Waals surface area contributed by atoms with Crippen LogP contribution in [0.5, 0.6) is 0 Å². The number of nitrogens with one attached hydrogen (secondary N) is 1. The van der Waals surface area contributed by atoms with E-state index >= 15 is 0 Å². The highest BCUT2D eigenvalue weighted by Gasteiger charge is 2.36. The van der Waals surface area contributed by atoms with Gasteiger partial charge < -0.3 is 10.7 Å². The van der Waals surface area contributed by atoms with Crippen LogP contribution in [0.15, 0.2) is 11.6 Å². The van der Waals surface area contributed by atoms with Crippen molar-refractivity contribution >= 4 is 22.9 Å². The van der Waals surface area contributed by atoms with E-state index in [1.54, 1.807) is 6.08 Å². The Labute approximate surface area is 166 Å². The minimum absolute atomic E-state index is 0.0199. The summed E-state index contributed by atoms with van der Waals surface area (Å²) in [4.78, 5) is 16.3. The van der Waals surface area contributed by atoms with Gasteiger partial charge in [0, 0.05) is 29.6 Å². The molecule has 4 nitrogen and oxygen atoms in total. The zero-order valence-electron chi connectivity index (χ0n) is 16.9. The highest BCUT2D eigenvalue weighted by Crippen LogP contribution is 2.39. The number of fused-ring (bicyclic) bond motifs is 1. The lowest BCUT2D eigenvalue weighted by atomic mass is 9.94. The quantitative estimate of drug-likeness (QED) is 0.683. The number of amides is 1. The Morgan fingerprint density at radius 1 is 1.21 bits per heavy atom. The Kier molecular flexibility index (Phi) is 5.28. The van der Waals surface area contributed by atoms with Gasteiger partial charge in [0.25, 0.3) is 5.91 Å². The molecule has 1 amide bonds. The molecule has 0 radical (unpaired) electrons. The standard InChI is InChI=1S/C21H25F4N3O/c1-11-16-13(9-12-5-7-28(8-6-12)20(2,3)4)15(22)10-14(19(26)29)17(16)27-18(11)21(23,24)25/h9-10,27H,5-8H2,1-4H3,(H2,26,29). The summed E-state index contributed by atoms with van der Waals surface area (Å²) in [5.41, 5.74) is 4.81. The number of halogens is 4. The second-order valence-corrected chi connectivity index (χ2v) is 8.52. The van der Waals surface area contributed by atoms with Crippen LogP contribution in [0.25, 0.3) is 17.0 Å². The van der Waals surface area contributed by atoms with Crippen molar-refractivity contribution in [2.45, 2.75) is 52.3 Å². The zero-order chi connectivity index (χ0) is 21.7. The fraction of sp³-hybridized carbons (Fsp3) is 0.476. The van der Waals surface area contributed by atoms with Crippen LogP contribution in [0.3, 0.4) is 0 Å². The van der Waals surface area contributed by atoms with Crippen molar-refractivity contribution in [3.8, 4) is 0 Å². The van der Waals surface area contributed by atoms with E-state index in [1.165, 1.54) is 6.92 Å². The van der Waals surface area contributed by atoms with E-state index in [2.05, 4.69) is 30.7 Å². The van der Waals surface area contributed by atoms with Gasteiger partial charge in [0.2, 0.25) is 0 Å². The molecule has 8 heteroatoms. The van der Waals surface area contributed by atoms with Gasteiger partial charge in [-0.15, -0.1) is 0 Å². The van der Waals surface area contributed by atoms with E-state index in [1.807, 2.05) is 0 Å². The summed E-state index contributed by atoms with van der Waals surface area (Å²) >= 11 is 0. The Hall–Kier alpha value is -2.35. The van der Waals surface area contributed by atoms with Gasteiger partial charge in [-0.25, -0.2) is 4.39 Å². The third kappa shape index (κ3) is 4.03. The van der Waals surface area contributed by atoms with Gasteiger partial charge in [-0.05, 0) is 52.2 Å². The molecule has 1 fully saturated rings. The van der Waals surface area contributed by atoms with E-state index in [9.17, 15) is 22.4 Å². The first-order valence-electron chi connectivity index (χ1n) is 9.47. The SMILES string of the molecule is Cc1c(C(F)(F)F)[nH]c2c(C(N)=O)cc(F)c(C=C3CCN(C(C)(C)C)CC3)c12. The third-order valence-corrected chi connectivity index (χ3v) is 5.57. The second-order valence-electron chi connectivity index (χ2n) is 8.52. The number of aryl methyl sites for hydroxylation is 1. The predicted octanol–water partition coefficient (Wildman–Crippen LogP) is 5.01. The highest BCUT2D eigenvalue weighted by molar-refractivity contribution is 6.08. The van der Waals surface area contributed by atoms with E-state index < -0.39 is 23.6 Å². The minimum Gasteiger partial charge on any atom is -0.366 e. The molecule has 1 aliphatic heterocycles. The Morgan fingerprint density at radius 2 is 1.79 bits per heavy atom. The average Bonchev–Trinajstić information content (AvgIpc) is 2.94. The van der Waals surface area contributed by atoms with Gasteiger partial charge in [0.15, 0.2) is 0 Å². The molecule has 3 rings (SSSR count). The molecule has 0 bridgehead atoms. The van der Waals surface area contributed by atoms with Crippen LogP contribution >= 0.6 is 0 Å². The molecule has 0 unspecified atom stereocenters. The van der Waals surface area contributed by atoms with Crippen molar-refractivity contribution in [1.82, 2.24) is 9.88 Å². The lowest BCUT2D eigenvalue weighted by Crippen LogP contribution is -2.44. The number of nitrogens with two attached hydrogens (primary N) is 1. The number of alkyl halides is 3. The van der Waals surface area contributed by atoms with Gasteiger partial charge in [-0.3, -0.25) is 9.69 Å². The number of carbonyl (C=O) groups is 1. The molecule has 0 saturated carbocycles. The number of nitrogens with zero attached hydrogens (tertiary/aromatic N) is 1. The highest BCUT2D eigenvalue weighted by atomic mass is 19.4. The number of likely N-dealkylation sites (tertiary alicyclic amines) is 1. The lowest BCUT2D eigenvalue weighted by molar-refractivity contribution is -0.141. The smallest absolute Gasteiger partial charge is 0.366 e. The number of hydrogen-bond acceptors (Lipinski definition) is 2. The molecular weight excluding hydrogens is 386 g/mol. The van der Waals surface area contributed by atoms with Crippen molar-refractivity contribution in [3.05, 3.63) is 39.8 Å². The number of benzene rings is 1. The summed E-state index contributed by atoms with van der Waals surface area (Å²) in [6.07, 6.45) is -1.63. The van der Waals surface area contributed by atoms with Crippen molar-refractivity contribution in [2.75, 3.05) is 13.1 Å². The maximum absolute atomic E-state index is 14.9. The topological polar surface area (TPSA) is 62.1 Å². The second kappa shape index (κ2) is 7.16. The monoisotopic (exact) mass is 411 g/mol. The van der Waals surface area contributed by atoms with Crippen molar-refractivity contribution < 1.29 is 22.4 Å². The molecule has 2 aromatic rings. The molecule has 3 N–H and O–H groups in total. The van der Waals surface area contributed by atoms with E-state index in [0.717, 1.165) is 24.7 Å². The molecule has 1 aliphatic rings. The Balaban J connectivity index is 2.14. The molecule has 1 aromatic heterocycles. The van der Waals surface area contributed by atoms with Gasteiger partial charge in [0.1, 0.15) is 11.5 Å². The van der Waals surface area contributed by atoms with Crippen LogP contribution < -0.4 is 5.73 Å². The number of hydrogen-bond donors (Lipinski definition) is 2. The summed E-state index contributed by atoms with van der Waals surface area (Å²) in [5.74, 6) is -1.74. The molecule has 0 spiro atoms. The number of piperidine rings is 1. The van der Waals surface area contributed by atoms with Crippen molar-refractivity contribution in [1.29, 1.82) is 0 Å². The molecule has 0 atom stereocenters. The van der Waals surface area contributed by atoms with E-state index in [4.69, 9.17) is 5.73 Å². The molecule has 29 heavy (non-hydrogen) atoms. The number of carbonyl (C=O) groups excluding carboxylic acids is 1. The predicted molar refractivity (Wildman–Crippen MR) is 105 cm³/mol. The Morgan fingerprint density at radius 3 is 2.28 bits per heavy atom. The summed E-state index contributed by atoms with van der Waals surface area (Å²) < 4.78 is 55.1. The van der Waals surface area contributed by atoms with Crippen LogP contribution in [-0.4, -0.2) is 34.4 Å². The maximum atomic E-state index is 14.9. The van der Waals surface area contributed by atoms with E-state index in [0.29, 0.717) is 12.8 Å².